The summed E-state index contributed by atoms with van der Waals surface area (Å²) in [5.41, 5.74) is 2.06. The molecule has 2 rings (SSSR count). The largest absolute Gasteiger partial charge is 0.396 e. The highest BCUT2D eigenvalue weighted by molar-refractivity contribution is 7.92. The SMILES string of the molecule is CC(CCCO)(C(=O)N(O)c1ccc(-c2ccccc2)cc1)S(C)(=O)=O. The predicted molar refractivity (Wildman–Crippen MR) is 101 cm³/mol. The molecule has 2 N–H and O–H groups in total. The van der Waals surface area contributed by atoms with E-state index in [0.29, 0.717) is 5.06 Å². The third kappa shape index (κ3) is 4.12. The van der Waals surface area contributed by atoms with Crippen molar-refractivity contribution in [2.75, 3.05) is 17.9 Å². The molecule has 0 aliphatic carbocycles. The first-order chi connectivity index (χ1) is 12.2. The monoisotopic (exact) mass is 377 g/mol. The molecule has 140 valence electrons. The van der Waals surface area contributed by atoms with E-state index in [2.05, 4.69) is 0 Å². The summed E-state index contributed by atoms with van der Waals surface area (Å²) in [5, 5.41) is 19.7. The number of hydrogen-bond donors (Lipinski definition) is 2. The van der Waals surface area contributed by atoms with Gasteiger partial charge in [-0.25, -0.2) is 8.42 Å². The minimum Gasteiger partial charge on any atom is -0.396 e. The fourth-order valence-corrected chi connectivity index (χ4v) is 3.55. The first kappa shape index (κ1) is 20.1. The molecule has 2 aromatic carbocycles. The van der Waals surface area contributed by atoms with Crippen LogP contribution in [0.15, 0.2) is 54.6 Å². The van der Waals surface area contributed by atoms with E-state index in [1.807, 2.05) is 30.3 Å². The summed E-state index contributed by atoms with van der Waals surface area (Å²) in [4.78, 5) is 12.7. The summed E-state index contributed by atoms with van der Waals surface area (Å²) in [6.45, 7) is 1.03. The molecule has 0 saturated heterocycles. The minimum absolute atomic E-state index is 0.0830. The lowest BCUT2D eigenvalue weighted by Gasteiger charge is -2.29. The Bertz CT molecular complexity index is 849. The molecule has 0 spiro atoms. The number of hydrogen-bond acceptors (Lipinski definition) is 5. The van der Waals surface area contributed by atoms with Crippen LogP contribution in [0.2, 0.25) is 0 Å². The normalized spacial score (nSPS) is 13.8. The van der Waals surface area contributed by atoms with Gasteiger partial charge in [0.15, 0.2) is 14.6 Å². The maximum absolute atomic E-state index is 12.7. The van der Waals surface area contributed by atoms with Crippen molar-refractivity contribution in [2.24, 2.45) is 0 Å². The Labute approximate surface area is 153 Å². The van der Waals surface area contributed by atoms with Crippen molar-refractivity contribution < 1.29 is 23.5 Å². The van der Waals surface area contributed by atoms with Crippen LogP contribution in [0, 0.1) is 0 Å². The topological polar surface area (TPSA) is 94.9 Å². The van der Waals surface area contributed by atoms with Crippen molar-refractivity contribution in [1.82, 2.24) is 0 Å². The van der Waals surface area contributed by atoms with Crippen molar-refractivity contribution in [1.29, 1.82) is 0 Å². The van der Waals surface area contributed by atoms with E-state index < -0.39 is 20.5 Å². The number of anilines is 1. The molecule has 7 heteroatoms. The zero-order chi connectivity index (χ0) is 19.4. The Morgan fingerprint density at radius 2 is 1.58 bits per heavy atom. The molecule has 0 aliphatic heterocycles. The quantitative estimate of drug-likeness (QED) is 0.571. The van der Waals surface area contributed by atoms with Crippen molar-refractivity contribution in [2.45, 2.75) is 24.5 Å². The summed E-state index contributed by atoms with van der Waals surface area (Å²) in [6.07, 6.45) is 1.00. The first-order valence-corrected chi connectivity index (χ1v) is 10.1. The smallest absolute Gasteiger partial charge is 0.271 e. The maximum atomic E-state index is 12.7. The Hall–Kier alpha value is -2.22. The van der Waals surface area contributed by atoms with Gasteiger partial charge in [0.05, 0.1) is 5.69 Å². The number of carbonyl (C=O) groups excluding carboxylic acids is 1. The van der Waals surface area contributed by atoms with Crippen LogP contribution in [0.4, 0.5) is 5.69 Å². The number of amides is 1. The molecule has 0 aromatic heterocycles. The zero-order valence-electron chi connectivity index (χ0n) is 14.8. The maximum Gasteiger partial charge on any atom is 0.271 e. The third-order valence-electron chi connectivity index (χ3n) is 4.49. The number of hydroxylamine groups is 1. The lowest BCUT2D eigenvalue weighted by Crippen LogP contribution is -2.51. The highest BCUT2D eigenvalue weighted by Crippen LogP contribution is 2.29. The van der Waals surface area contributed by atoms with Crippen LogP contribution in [-0.4, -0.2) is 42.2 Å². The standard InChI is InChI=1S/C19H23NO5S/c1-19(13-6-14-21,26(2,24)25)18(22)20(23)17-11-9-16(10-12-17)15-7-4-3-5-8-15/h3-5,7-12,21,23H,6,13-14H2,1-2H3. The van der Waals surface area contributed by atoms with Crippen molar-refractivity contribution in [3.63, 3.8) is 0 Å². The number of rotatable bonds is 7. The molecule has 1 amide bonds. The molecule has 1 unspecified atom stereocenters. The fourth-order valence-electron chi connectivity index (χ4n) is 2.63. The van der Waals surface area contributed by atoms with Gasteiger partial charge < -0.3 is 5.11 Å². The van der Waals surface area contributed by atoms with Crippen LogP contribution in [0.3, 0.4) is 0 Å². The summed E-state index contributed by atoms with van der Waals surface area (Å²) in [6, 6.07) is 16.2. The molecule has 0 aliphatic rings. The van der Waals surface area contributed by atoms with Gasteiger partial charge in [0, 0.05) is 12.9 Å². The second-order valence-electron chi connectivity index (χ2n) is 6.36. The molecule has 1 atom stereocenters. The van der Waals surface area contributed by atoms with Crippen LogP contribution in [0.1, 0.15) is 19.8 Å². The second-order valence-corrected chi connectivity index (χ2v) is 8.81. The highest BCUT2D eigenvalue weighted by Gasteiger charge is 2.45. The molecule has 0 saturated carbocycles. The second kappa shape index (κ2) is 7.99. The van der Waals surface area contributed by atoms with E-state index in [1.54, 1.807) is 24.3 Å². The van der Waals surface area contributed by atoms with Crippen LogP contribution >= 0.6 is 0 Å². The molecular formula is C19H23NO5S. The first-order valence-electron chi connectivity index (χ1n) is 8.20. The van der Waals surface area contributed by atoms with Gasteiger partial charge in [0.1, 0.15) is 0 Å². The van der Waals surface area contributed by atoms with E-state index in [4.69, 9.17) is 5.11 Å². The van der Waals surface area contributed by atoms with Gasteiger partial charge in [0.2, 0.25) is 0 Å². The van der Waals surface area contributed by atoms with Gasteiger partial charge in [-0.1, -0.05) is 42.5 Å². The molecule has 0 bridgehead atoms. The van der Waals surface area contributed by atoms with Crippen LogP contribution < -0.4 is 5.06 Å². The van der Waals surface area contributed by atoms with Gasteiger partial charge in [-0.15, -0.1) is 0 Å². The Kier molecular flexibility index (Phi) is 6.17. The van der Waals surface area contributed by atoms with E-state index >= 15 is 0 Å². The molecule has 0 heterocycles. The molecule has 0 fully saturated rings. The zero-order valence-corrected chi connectivity index (χ0v) is 15.6. The number of nitrogens with zero attached hydrogens (tertiary/aromatic N) is 1. The third-order valence-corrected chi connectivity index (χ3v) is 6.51. The van der Waals surface area contributed by atoms with Crippen molar-refractivity contribution >= 4 is 21.4 Å². The summed E-state index contributed by atoms with van der Waals surface area (Å²) in [5.74, 6) is -0.944. The van der Waals surface area contributed by atoms with Crippen LogP contribution in [0.5, 0.6) is 0 Å². The Morgan fingerprint density at radius 1 is 1.04 bits per heavy atom. The summed E-state index contributed by atoms with van der Waals surface area (Å²) in [7, 11) is -3.80. The lowest BCUT2D eigenvalue weighted by molar-refractivity contribution is -0.126. The van der Waals surface area contributed by atoms with Gasteiger partial charge in [-0.05, 0) is 43.0 Å². The number of carbonyl (C=O) groups is 1. The average molecular weight is 377 g/mol. The molecule has 0 radical (unpaired) electrons. The molecule has 6 nitrogen and oxygen atoms in total. The van der Waals surface area contributed by atoms with Gasteiger partial charge in [-0.3, -0.25) is 10.0 Å². The van der Waals surface area contributed by atoms with E-state index in [-0.39, 0.29) is 25.1 Å². The van der Waals surface area contributed by atoms with Crippen molar-refractivity contribution in [3.05, 3.63) is 54.6 Å². The van der Waals surface area contributed by atoms with Gasteiger partial charge in [-0.2, -0.15) is 5.06 Å². The van der Waals surface area contributed by atoms with Gasteiger partial charge >= 0.3 is 0 Å². The fraction of sp³-hybridized carbons (Fsp3) is 0.316. The lowest BCUT2D eigenvalue weighted by atomic mass is 10.0. The number of aliphatic hydroxyl groups is 1. The average Bonchev–Trinajstić information content (AvgIpc) is 2.64. The molecule has 2 aromatic rings. The Balaban J connectivity index is 2.29. The van der Waals surface area contributed by atoms with E-state index in [1.165, 1.54) is 6.92 Å². The van der Waals surface area contributed by atoms with E-state index in [9.17, 15) is 18.4 Å². The number of aliphatic hydroxyl groups excluding tert-OH is 1. The number of sulfone groups is 1. The van der Waals surface area contributed by atoms with Crippen LogP contribution in [0.25, 0.3) is 11.1 Å². The van der Waals surface area contributed by atoms with Crippen LogP contribution in [-0.2, 0) is 14.6 Å². The molecular weight excluding hydrogens is 354 g/mol. The summed E-state index contributed by atoms with van der Waals surface area (Å²) >= 11 is 0. The summed E-state index contributed by atoms with van der Waals surface area (Å²) < 4.78 is 22.5. The molecule has 26 heavy (non-hydrogen) atoms. The number of benzene rings is 2. The Morgan fingerprint density at radius 3 is 2.08 bits per heavy atom. The van der Waals surface area contributed by atoms with Crippen molar-refractivity contribution in [3.8, 4) is 11.1 Å². The predicted octanol–water partition coefficient (Wildman–Crippen LogP) is 2.65. The minimum atomic E-state index is -3.80. The van der Waals surface area contributed by atoms with E-state index in [0.717, 1.165) is 17.4 Å². The highest BCUT2D eigenvalue weighted by atomic mass is 32.2. The van der Waals surface area contributed by atoms with Gasteiger partial charge in [0.25, 0.3) is 5.91 Å².